The van der Waals surface area contributed by atoms with Crippen molar-refractivity contribution in [2.24, 2.45) is 5.92 Å². The van der Waals surface area contributed by atoms with Crippen molar-refractivity contribution >= 4 is 11.7 Å². The van der Waals surface area contributed by atoms with Gasteiger partial charge in [0.15, 0.2) is 0 Å². The minimum Gasteiger partial charge on any atom is -0.481 e. The molecule has 1 N–H and O–H groups in total. The third kappa shape index (κ3) is 2.77. The molecule has 0 saturated carbocycles. The van der Waals surface area contributed by atoms with Crippen LogP contribution in [0.5, 0.6) is 0 Å². The Labute approximate surface area is 114 Å². The minimum atomic E-state index is -5.34. The van der Waals surface area contributed by atoms with Crippen molar-refractivity contribution < 1.29 is 36.2 Å². The zero-order valence-corrected chi connectivity index (χ0v) is 10.2. The summed E-state index contributed by atoms with van der Waals surface area (Å²) >= 11 is 0. The first-order valence-electron chi connectivity index (χ1n) is 5.77. The highest BCUT2D eigenvalue weighted by Crippen LogP contribution is 2.45. The molecule has 0 spiro atoms. The Kier molecular flexibility index (Phi) is 3.54. The molecule has 1 aromatic carbocycles. The highest BCUT2D eigenvalue weighted by molar-refractivity contribution is 5.75. The van der Waals surface area contributed by atoms with E-state index in [9.17, 15) is 31.1 Å². The lowest BCUT2D eigenvalue weighted by Crippen LogP contribution is -2.60. The molecule has 1 heterocycles. The van der Waals surface area contributed by atoms with Crippen molar-refractivity contribution in [2.75, 3.05) is 4.90 Å². The van der Waals surface area contributed by atoms with Gasteiger partial charge in [0.05, 0.1) is 5.92 Å². The monoisotopic (exact) mass is 313 g/mol. The highest BCUT2D eigenvalue weighted by atomic mass is 19.4. The molecule has 2 unspecified atom stereocenters. The summed E-state index contributed by atoms with van der Waals surface area (Å²) in [4.78, 5) is 10.2. The molecule has 0 radical (unpaired) electrons. The first-order chi connectivity index (χ1) is 9.53. The smallest absolute Gasteiger partial charge is 0.481 e. The van der Waals surface area contributed by atoms with Crippen molar-refractivity contribution in [3.05, 3.63) is 29.8 Å². The number of benzene rings is 1. The summed E-state index contributed by atoms with van der Waals surface area (Å²) in [7, 11) is 0. The Morgan fingerprint density at radius 1 is 1.14 bits per heavy atom. The standard InChI is InChI=1S/C12H9F6NO2/c13-11(14,15)9-7(10(20)21)5-6-3-1-2-4-8(6)19(9)12(16,17)18/h1-4,7,9H,5H2,(H,20,21). The highest BCUT2D eigenvalue weighted by Gasteiger charge is 2.60. The van der Waals surface area contributed by atoms with Crippen molar-refractivity contribution in [3.8, 4) is 0 Å². The number of hydrogen-bond donors (Lipinski definition) is 1. The number of anilines is 1. The predicted octanol–water partition coefficient (Wildman–Crippen LogP) is 3.20. The second kappa shape index (κ2) is 4.81. The first-order valence-corrected chi connectivity index (χ1v) is 5.77. The van der Waals surface area contributed by atoms with E-state index in [1.807, 2.05) is 0 Å². The molecule has 0 aromatic heterocycles. The molecule has 3 nitrogen and oxygen atoms in total. The normalized spacial score (nSPS) is 22.9. The van der Waals surface area contributed by atoms with Crippen molar-refractivity contribution in [1.82, 2.24) is 0 Å². The van der Waals surface area contributed by atoms with Gasteiger partial charge >= 0.3 is 18.4 Å². The predicted molar refractivity (Wildman–Crippen MR) is 59.6 cm³/mol. The molecular weight excluding hydrogens is 304 g/mol. The molecular formula is C12H9F6NO2. The number of hydrogen-bond acceptors (Lipinski definition) is 2. The topological polar surface area (TPSA) is 40.5 Å². The number of carboxylic acids is 1. The number of aliphatic carboxylic acids is 1. The number of alkyl halides is 6. The summed E-state index contributed by atoms with van der Waals surface area (Å²) in [5, 5.41) is 8.89. The Balaban J connectivity index is 2.66. The van der Waals surface area contributed by atoms with E-state index in [0.29, 0.717) is 0 Å². The molecule has 0 aliphatic carbocycles. The fraction of sp³-hybridized carbons (Fsp3) is 0.417. The molecule has 2 atom stereocenters. The maximum atomic E-state index is 13.1. The van der Waals surface area contributed by atoms with Gasteiger partial charge in [0.1, 0.15) is 6.04 Å². The molecule has 0 bridgehead atoms. The molecule has 116 valence electrons. The van der Waals surface area contributed by atoms with E-state index in [1.165, 1.54) is 18.2 Å². The van der Waals surface area contributed by atoms with Crippen LogP contribution in [0.25, 0.3) is 0 Å². The maximum absolute atomic E-state index is 13.1. The fourth-order valence-electron chi connectivity index (χ4n) is 2.49. The van der Waals surface area contributed by atoms with Gasteiger partial charge in [-0.15, -0.1) is 0 Å². The lowest BCUT2D eigenvalue weighted by atomic mass is 9.85. The van der Waals surface area contributed by atoms with Gasteiger partial charge < -0.3 is 5.11 Å². The number of para-hydroxylation sites is 1. The first kappa shape index (κ1) is 15.5. The van der Waals surface area contributed by atoms with Gasteiger partial charge in [0.25, 0.3) is 0 Å². The Morgan fingerprint density at radius 3 is 2.19 bits per heavy atom. The maximum Gasteiger partial charge on any atom is 0.485 e. The molecule has 21 heavy (non-hydrogen) atoms. The van der Waals surface area contributed by atoms with Gasteiger partial charge in [0.2, 0.25) is 0 Å². The van der Waals surface area contributed by atoms with Crippen LogP contribution in [0.4, 0.5) is 32.0 Å². The summed E-state index contributed by atoms with van der Waals surface area (Å²) in [6.45, 7) is 0. The summed E-state index contributed by atoms with van der Waals surface area (Å²) in [5.41, 5.74) is -0.743. The van der Waals surface area contributed by atoms with Gasteiger partial charge in [-0.3, -0.25) is 9.69 Å². The van der Waals surface area contributed by atoms with Crippen LogP contribution in [0.2, 0.25) is 0 Å². The van der Waals surface area contributed by atoms with E-state index in [-0.39, 0.29) is 5.56 Å². The number of nitrogens with zero attached hydrogens (tertiary/aromatic N) is 1. The van der Waals surface area contributed by atoms with E-state index < -0.39 is 47.4 Å². The van der Waals surface area contributed by atoms with Crippen LogP contribution in [-0.2, 0) is 11.2 Å². The zero-order chi connectivity index (χ0) is 16.0. The fourth-order valence-corrected chi connectivity index (χ4v) is 2.49. The molecule has 0 amide bonds. The number of carbonyl (C=O) groups is 1. The van der Waals surface area contributed by atoms with Gasteiger partial charge in [0, 0.05) is 5.69 Å². The zero-order valence-electron chi connectivity index (χ0n) is 10.2. The van der Waals surface area contributed by atoms with Crippen LogP contribution in [-0.4, -0.2) is 29.6 Å². The van der Waals surface area contributed by atoms with E-state index >= 15 is 0 Å². The van der Waals surface area contributed by atoms with Crippen LogP contribution >= 0.6 is 0 Å². The lowest BCUT2D eigenvalue weighted by Gasteiger charge is -2.43. The Bertz CT molecular complexity index is 553. The molecule has 1 aliphatic rings. The van der Waals surface area contributed by atoms with Gasteiger partial charge in [-0.25, -0.2) is 0 Å². The van der Waals surface area contributed by atoms with Gasteiger partial charge in [-0.05, 0) is 18.1 Å². The third-order valence-electron chi connectivity index (χ3n) is 3.28. The van der Waals surface area contributed by atoms with E-state index in [0.717, 1.165) is 6.07 Å². The van der Waals surface area contributed by atoms with Gasteiger partial charge in [-0.2, -0.15) is 26.3 Å². The van der Waals surface area contributed by atoms with Crippen molar-refractivity contribution in [2.45, 2.75) is 24.9 Å². The molecule has 2 rings (SSSR count). The van der Waals surface area contributed by atoms with Crippen LogP contribution < -0.4 is 4.90 Å². The van der Waals surface area contributed by atoms with Crippen LogP contribution in [0, 0.1) is 5.92 Å². The molecule has 0 fully saturated rings. The van der Waals surface area contributed by atoms with Crippen LogP contribution in [0.15, 0.2) is 24.3 Å². The Hall–Kier alpha value is -1.93. The quantitative estimate of drug-likeness (QED) is 0.639. The molecule has 9 heteroatoms. The number of fused-ring (bicyclic) bond motifs is 1. The average Bonchev–Trinajstić information content (AvgIpc) is 2.33. The van der Waals surface area contributed by atoms with Crippen molar-refractivity contribution in [1.29, 1.82) is 0 Å². The van der Waals surface area contributed by atoms with Gasteiger partial charge in [-0.1, -0.05) is 18.2 Å². The molecule has 1 aromatic rings. The Morgan fingerprint density at radius 2 is 1.71 bits per heavy atom. The second-order valence-corrected chi connectivity index (χ2v) is 4.60. The number of rotatable bonds is 1. The van der Waals surface area contributed by atoms with Crippen LogP contribution in [0.1, 0.15) is 5.56 Å². The van der Waals surface area contributed by atoms with Crippen molar-refractivity contribution in [3.63, 3.8) is 0 Å². The summed E-state index contributed by atoms with van der Waals surface area (Å²) in [6, 6.07) is 1.47. The lowest BCUT2D eigenvalue weighted by molar-refractivity contribution is -0.207. The summed E-state index contributed by atoms with van der Waals surface area (Å²) in [5.74, 6) is -4.14. The SMILES string of the molecule is O=C(O)C1Cc2ccccc2N(C(F)(F)F)C1C(F)(F)F. The van der Waals surface area contributed by atoms with Crippen LogP contribution in [0.3, 0.4) is 0 Å². The van der Waals surface area contributed by atoms with E-state index in [2.05, 4.69) is 0 Å². The number of halogens is 6. The average molecular weight is 313 g/mol. The number of carboxylic acid groups (broad SMARTS) is 1. The second-order valence-electron chi connectivity index (χ2n) is 4.60. The third-order valence-corrected chi connectivity index (χ3v) is 3.28. The minimum absolute atomic E-state index is 0.0808. The summed E-state index contributed by atoms with van der Waals surface area (Å²) in [6.07, 6.45) is -11.3. The molecule has 1 aliphatic heterocycles. The summed E-state index contributed by atoms with van der Waals surface area (Å²) < 4.78 is 78.3. The van der Waals surface area contributed by atoms with E-state index in [4.69, 9.17) is 5.11 Å². The largest absolute Gasteiger partial charge is 0.485 e. The molecule has 0 saturated heterocycles. The van der Waals surface area contributed by atoms with E-state index in [1.54, 1.807) is 0 Å².